The number of hydrogen-bond donors (Lipinski definition) is 1. The van der Waals surface area contributed by atoms with Crippen LogP contribution in [0.15, 0.2) is 46.9 Å². The Bertz CT molecular complexity index is 1130. The lowest BCUT2D eigenvalue weighted by molar-refractivity contribution is -0.122. The highest BCUT2D eigenvalue weighted by molar-refractivity contribution is 6.07. The number of amides is 2. The average molecular weight is 418 g/mol. The Kier molecular flexibility index (Phi) is 5.19. The first-order chi connectivity index (χ1) is 15.1. The number of para-hydroxylation sites is 1. The first-order valence-corrected chi connectivity index (χ1v) is 10.8. The number of rotatable bonds is 5. The van der Waals surface area contributed by atoms with Crippen molar-refractivity contribution < 1.29 is 14.0 Å². The molecular weight excluding hydrogens is 392 g/mol. The second-order valence-corrected chi connectivity index (χ2v) is 8.39. The van der Waals surface area contributed by atoms with Crippen molar-refractivity contribution in [1.29, 1.82) is 0 Å². The highest BCUT2D eigenvalue weighted by Crippen LogP contribution is 2.27. The number of carbonyl (C=O) groups is 2. The van der Waals surface area contributed by atoms with E-state index in [1.54, 1.807) is 0 Å². The third kappa shape index (κ3) is 4.32. The lowest BCUT2D eigenvalue weighted by atomic mass is 10.0. The molecule has 0 unspecified atom stereocenters. The molecule has 0 bridgehead atoms. The van der Waals surface area contributed by atoms with E-state index >= 15 is 0 Å². The number of hydrogen-bond acceptors (Lipinski definition) is 5. The smallest absolute Gasteiger partial charge is 0.254 e. The molecule has 2 aromatic heterocycles. The Morgan fingerprint density at radius 3 is 2.58 bits per heavy atom. The standard InChI is InChI=1S/C24H26N4O3/c1-16-6-9-22(31-16)21-14-19(18-4-2-3-5-20(18)26-21)24(30)28-12-10-27(11-13-28)15-23(29)25-17-7-8-17/h2-6,9,14,17H,7-8,10-13,15H2,1H3,(H,25,29). The lowest BCUT2D eigenvalue weighted by Gasteiger charge is -2.34. The maximum Gasteiger partial charge on any atom is 0.254 e. The van der Waals surface area contributed by atoms with E-state index in [0.29, 0.717) is 55.8 Å². The largest absolute Gasteiger partial charge is 0.460 e. The molecule has 0 atom stereocenters. The molecule has 3 heterocycles. The Morgan fingerprint density at radius 1 is 1.10 bits per heavy atom. The molecule has 1 aromatic carbocycles. The zero-order chi connectivity index (χ0) is 21.4. The van der Waals surface area contributed by atoms with Crippen LogP contribution in [-0.4, -0.2) is 65.4 Å². The van der Waals surface area contributed by atoms with Gasteiger partial charge >= 0.3 is 0 Å². The van der Waals surface area contributed by atoms with E-state index in [9.17, 15) is 9.59 Å². The van der Waals surface area contributed by atoms with E-state index in [4.69, 9.17) is 9.40 Å². The SMILES string of the molecule is Cc1ccc(-c2cc(C(=O)N3CCN(CC(=O)NC4CC4)CC3)c3ccccc3n2)o1. The molecule has 2 amide bonds. The predicted molar refractivity (Wildman–Crippen MR) is 118 cm³/mol. The van der Waals surface area contributed by atoms with Crippen LogP contribution in [0.1, 0.15) is 29.0 Å². The van der Waals surface area contributed by atoms with Crippen LogP contribution >= 0.6 is 0 Å². The number of aromatic nitrogens is 1. The van der Waals surface area contributed by atoms with Crippen LogP contribution in [0.3, 0.4) is 0 Å². The van der Waals surface area contributed by atoms with Crippen molar-refractivity contribution in [3.8, 4) is 11.5 Å². The van der Waals surface area contributed by atoms with Crippen LogP contribution in [0.2, 0.25) is 0 Å². The van der Waals surface area contributed by atoms with Crippen LogP contribution in [0.4, 0.5) is 0 Å². The molecule has 31 heavy (non-hydrogen) atoms. The summed E-state index contributed by atoms with van der Waals surface area (Å²) in [5.41, 5.74) is 2.06. The van der Waals surface area contributed by atoms with Crippen LogP contribution < -0.4 is 5.32 Å². The van der Waals surface area contributed by atoms with Gasteiger partial charge in [-0.1, -0.05) is 18.2 Å². The van der Waals surface area contributed by atoms with Crippen molar-refractivity contribution in [3.63, 3.8) is 0 Å². The van der Waals surface area contributed by atoms with Crippen molar-refractivity contribution in [2.75, 3.05) is 32.7 Å². The Labute approximate surface area is 181 Å². The topological polar surface area (TPSA) is 78.7 Å². The van der Waals surface area contributed by atoms with Crippen molar-refractivity contribution in [2.45, 2.75) is 25.8 Å². The van der Waals surface area contributed by atoms with Crippen molar-refractivity contribution in [3.05, 3.63) is 53.8 Å². The molecule has 1 aliphatic carbocycles. The van der Waals surface area contributed by atoms with Gasteiger partial charge in [0.1, 0.15) is 11.5 Å². The molecule has 1 saturated carbocycles. The van der Waals surface area contributed by atoms with Crippen LogP contribution in [0.5, 0.6) is 0 Å². The molecule has 5 rings (SSSR count). The molecule has 2 fully saturated rings. The molecule has 160 valence electrons. The van der Waals surface area contributed by atoms with Crippen molar-refractivity contribution in [2.24, 2.45) is 0 Å². The monoisotopic (exact) mass is 418 g/mol. The summed E-state index contributed by atoms with van der Waals surface area (Å²) >= 11 is 0. The molecule has 3 aromatic rings. The van der Waals surface area contributed by atoms with E-state index in [-0.39, 0.29) is 11.8 Å². The minimum Gasteiger partial charge on any atom is -0.460 e. The fourth-order valence-corrected chi connectivity index (χ4v) is 4.03. The third-order valence-corrected chi connectivity index (χ3v) is 5.91. The third-order valence-electron chi connectivity index (χ3n) is 5.91. The maximum atomic E-state index is 13.5. The molecule has 1 N–H and O–H groups in total. The van der Waals surface area contributed by atoms with E-state index in [1.165, 1.54) is 0 Å². The summed E-state index contributed by atoms with van der Waals surface area (Å²) in [6.07, 6.45) is 2.18. The van der Waals surface area contributed by atoms with Gasteiger partial charge in [-0.05, 0) is 44.0 Å². The Balaban J connectivity index is 1.34. The summed E-state index contributed by atoms with van der Waals surface area (Å²) in [6.45, 7) is 4.87. The van der Waals surface area contributed by atoms with Gasteiger partial charge in [0, 0.05) is 37.6 Å². The molecule has 0 radical (unpaired) electrons. The second-order valence-electron chi connectivity index (χ2n) is 8.39. The molecule has 7 nitrogen and oxygen atoms in total. The Morgan fingerprint density at radius 2 is 1.87 bits per heavy atom. The fourth-order valence-electron chi connectivity index (χ4n) is 4.03. The molecule has 0 spiro atoms. The number of pyridine rings is 1. The molecule has 1 aliphatic heterocycles. The lowest BCUT2D eigenvalue weighted by Crippen LogP contribution is -2.51. The summed E-state index contributed by atoms with van der Waals surface area (Å²) in [7, 11) is 0. The Hall–Kier alpha value is -3.19. The summed E-state index contributed by atoms with van der Waals surface area (Å²) in [5.74, 6) is 1.54. The second kappa shape index (κ2) is 8.15. The van der Waals surface area contributed by atoms with Gasteiger partial charge in [0.05, 0.1) is 17.6 Å². The molecule has 7 heteroatoms. The summed E-state index contributed by atoms with van der Waals surface area (Å²) in [6, 6.07) is 13.7. The van der Waals surface area contributed by atoms with Gasteiger partial charge in [0.15, 0.2) is 5.76 Å². The number of carbonyl (C=O) groups excluding carboxylic acids is 2. The van der Waals surface area contributed by atoms with E-state index in [2.05, 4.69) is 10.2 Å². The van der Waals surface area contributed by atoms with Crippen molar-refractivity contribution >= 4 is 22.7 Å². The zero-order valence-corrected chi connectivity index (χ0v) is 17.6. The summed E-state index contributed by atoms with van der Waals surface area (Å²) in [4.78, 5) is 34.2. The maximum absolute atomic E-state index is 13.5. The number of aryl methyl sites for hydroxylation is 1. The fraction of sp³-hybridized carbons (Fsp3) is 0.375. The average Bonchev–Trinajstić information content (AvgIpc) is 3.49. The zero-order valence-electron chi connectivity index (χ0n) is 17.6. The highest BCUT2D eigenvalue weighted by atomic mass is 16.3. The van der Waals surface area contributed by atoms with Gasteiger partial charge in [-0.2, -0.15) is 0 Å². The predicted octanol–water partition coefficient (Wildman–Crippen LogP) is 2.84. The number of furan rings is 1. The number of piperazine rings is 1. The summed E-state index contributed by atoms with van der Waals surface area (Å²) < 4.78 is 5.75. The normalized spacial score (nSPS) is 17.1. The number of nitrogens with zero attached hydrogens (tertiary/aromatic N) is 3. The van der Waals surface area contributed by atoms with Gasteiger partial charge in [0.25, 0.3) is 5.91 Å². The van der Waals surface area contributed by atoms with Gasteiger partial charge in [0.2, 0.25) is 5.91 Å². The van der Waals surface area contributed by atoms with E-state index in [1.807, 2.05) is 54.3 Å². The van der Waals surface area contributed by atoms with E-state index in [0.717, 1.165) is 29.5 Å². The van der Waals surface area contributed by atoms with Gasteiger partial charge < -0.3 is 14.6 Å². The van der Waals surface area contributed by atoms with Gasteiger partial charge in [-0.15, -0.1) is 0 Å². The van der Waals surface area contributed by atoms with Crippen molar-refractivity contribution in [1.82, 2.24) is 20.1 Å². The first-order valence-electron chi connectivity index (χ1n) is 10.8. The van der Waals surface area contributed by atoms with Gasteiger partial charge in [-0.25, -0.2) is 4.98 Å². The molecule has 1 saturated heterocycles. The minimum absolute atomic E-state index is 0.00906. The van der Waals surface area contributed by atoms with Crippen LogP contribution in [0.25, 0.3) is 22.4 Å². The quantitative estimate of drug-likeness (QED) is 0.689. The number of nitrogens with one attached hydrogen (secondary N) is 1. The molecular formula is C24H26N4O3. The van der Waals surface area contributed by atoms with E-state index < -0.39 is 0 Å². The first kappa shape index (κ1) is 19.8. The molecule has 2 aliphatic rings. The van der Waals surface area contributed by atoms with Gasteiger partial charge in [-0.3, -0.25) is 14.5 Å². The number of benzene rings is 1. The highest BCUT2D eigenvalue weighted by Gasteiger charge is 2.27. The number of fused-ring (bicyclic) bond motifs is 1. The van der Waals surface area contributed by atoms with Crippen LogP contribution in [0, 0.1) is 6.92 Å². The summed E-state index contributed by atoms with van der Waals surface area (Å²) in [5, 5.41) is 3.87. The minimum atomic E-state index is -0.00906. The van der Waals surface area contributed by atoms with Crippen LogP contribution in [-0.2, 0) is 4.79 Å².